The van der Waals surface area contributed by atoms with Gasteiger partial charge in [0.05, 0.1) is 12.1 Å². The van der Waals surface area contributed by atoms with E-state index >= 15 is 0 Å². The van der Waals surface area contributed by atoms with Gasteiger partial charge in [-0.1, -0.05) is 20.3 Å². The lowest BCUT2D eigenvalue weighted by molar-refractivity contribution is -0.135. The summed E-state index contributed by atoms with van der Waals surface area (Å²) in [7, 11) is 0. The molecule has 3 nitrogen and oxygen atoms in total. The van der Waals surface area contributed by atoms with E-state index in [2.05, 4.69) is 13.8 Å². The normalized spacial score (nSPS) is 44.4. The fourth-order valence-electron chi connectivity index (χ4n) is 4.26. The number of carbonyl (C=O) groups is 1. The van der Waals surface area contributed by atoms with Crippen molar-refractivity contribution in [3.8, 4) is 0 Å². The number of aliphatic hydroxyl groups is 1. The second kappa shape index (κ2) is 3.98. The lowest BCUT2D eigenvalue weighted by Crippen LogP contribution is -2.44. The predicted molar refractivity (Wildman–Crippen MR) is 65.3 cm³/mol. The Bertz CT molecular complexity index is 328. The van der Waals surface area contributed by atoms with Crippen LogP contribution < -0.4 is 0 Å². The van der Waals surface area contributed by atoms with Crippen molar-refractivity contribution >= 4 is 5.91 Å². The smallest absolute Gasteiger partial charge is 0.223 e. The standard InChI is InChI=1S/C14H23NO2/c1-3-8(2)4-12(16)15-7-10-5-9-6-11(10)13(15)14(9)17/h8-11,13-14,17H,3-7H2,1-2H3. The molecule has 1 N–H and O–H groups in total. The number of nitrogens with zero attached hydrogens (tertiary/aromatic N) is 1. The molecule has 3 heteroatoms. The predicted octanol–water partition coefficient (Wildman–Crippen LogP) is 1.65. The maximum atomic E-state index is 12.3. The average molecular weight is 237 g/mol. The topological polar surface area (TPSA) is 40.5 Å². The van der Waals surface area contributed by atoms with Crippen LogP contribution in [0.2, 0.25) is 0 Å². The van der Waals surface area contributed by atoms with Gasteiger partial charge in [0.2, 0.25) is 5.91 Å². The van der Waals surface area contributed by atoms with Gasteiger partial charge in [-0.05, 0) is 36.5 Å². The van der Waals surface area contributed by atoms with E-state index in [1.807, 2.05) is 4.90 Å². The molecule has 1 amide bonds. The van der Waals surface area contributed by atoms with Crippen LogP contribution in [0.25, 0.3) is 0 Å². The molecule has 1 aliphatic heterocycles. The molecule has 0 aromatic rings. The third-order valence-electron chi connectivity index (χ3n) is 5.39. The third-order valence-corrected chi connectivity index (χ3v) is 5.39. The van der Waals surface area contributed by atoms with Crippen LogP contribution in [-0.2, 0) is 4.79 Å². The zero-order valence-electron chi connectivity index (χ0n) is 10.8. The molecular formula is C14H23NO2. The Morgan fingerprint density at radius 1 is 1.41 bits per heavy atom. The number of amides is 1. The molecule has 3 rings (SSSR count). The quantitative estimate of drug-likeness (QED) is 0.811. The number of hydrogen-bond donors (Lipinski definition) is 1. The SMILES string of the molecule is CCC(C)CC(=O)N1CC2CC3CC2C1C3O. The van der Waals surface area contributed by atoms with E-state index in [0.29, 0.717) is 30.1 Å². The number of aliphatic hydroxyl groups excluding tert-OH is 1. The molecule has 0 radical (unpaired) electrons. The summed E-state index contributed by atoms with van der Waals surface area (Å²) < 4.78 is 0. The number of likely N-dealkylation sites (tertiary alicyclic amines) is 1. The van der Waals surface area contributed by atoms with Crippen LogP contribution in [0.1, 0.15) is 39.5 Å². The van der Waals surface area contributed by atoms with Gasteiger partial charge in [0.25, 0.3) is 0 Å². The Labute approximate surface area is 103 Å². The van der Waals surface area contributed by atoms with Crippen molar-refractivity contribution in [3.63, 3.8) is 0 Å². The van der Waals surface area contributed by atoms with E-state index in [1.165, 1.54) is 0 Å². The highest BCUT2D eigenvalue weighted by molar-refractivity contribution is 5.77. The van der Waals surface area contributed by atoms with Crippen molar-refractivity contribution < 1.29 is 9.90 Å². The summed E-state index contributed by atoms with van der Waals surface area (Å²) in [5.74, 6) is 2.52. The molecule has 0 spiro atoms. The highest BCUT2D eigenvalue weighted by Crippen LogP contribution is 2.55. The molecule has 96 valence electrons. The van der Waals surface area contributed by atoms with Crippen LogP contribution in [0.15, 0.2) is 0 Å². The van der Waals surface area contributed by atoms with Gasteiger partial charge in [-0.15, -0.1) is 0 Å². The Morgan fingerprint density at radius 3 is 2.82 bits per heavy atom. The summed E-state index contributed by atoms with van der Waals surface area (Å²) in [6.07, 6.45) is 3.78. The zero-order valence-corrected chi connectivity index (χ0v) is 10.8. The first kappa shape index (κ1) is 11.5. The Morgan fingerprint density at radius 2 is 2.18 bits per heavy atom. The van der Waals surface area contributed by atoms with Gasteiger partial charge >= 0.3 is 0 Å². The monoisotopic (exact) mass is 237 g/mol. The van der Waals surface area contributed by atoms with Crippen LogP contribution in [-0.4, -0.2) is 34.6 Å². The Balaban J connectivity index is 1.71. The van der Waals surface area contributed by atoms with E-state index in [1.54, 1.807) is 0 Å². The summed E-state index contributed by atoms with van der Waals surface area (Å²) in [6, 6.07) is 0.162. The lowest BCUT2D eigenvalue weighted by Gasteiger charge is -2.29. The summed E-state index contributed by atoms with van der Waals surface area (Å²) in [5.41, 5.74) is 0. The number of hydrogen-bond acceptors (Lipinski definition) is 2. The van der Waals surface area contributed by atoms with Gasteiger partial charge < -0.3 is 10.0 Å². The molecule has 1 heterocycles. The van der Waals surface area contributed by atoms with Gasteiger partial charge in [0, 0.05) is 13.0 Å². The first-order valence-electron chi connectivity index (χ1n) is 7.09. The molecule has 6 unspecified atom stereocenters. The van der Waals surface area contributed by atoms with Crippen LogP contribution >= 0.6 is 0 Å². The van der Waals surface area contributed by atoms with Crippen molar-refractivity contribution in [2.24, 2.45) is 23.7 Å². The van der Waals surface area contributed by atoms with Crippen molar-refractivity contribution in [1.82, 2.24) is 4.90 Å². The van der Waals surface area contributed by atoms with Crippen molar-refractivity contribution in [2.75, 3.05) is 6.54 Å². The maximum Gasteiger partial charge on any atom is 0.223 e. The van der Waals surface area contributed by atoms with Crippen molar-refractivity contribution in [3.05, 3.63) is 0 Å². The third kappa shape index (κ3) is 1.62. The minimum Gasteiger partial charge on any atom is -0.391 e. The van der Waals surface area contributed by atoms with Gasteiger partial charge in [-0.3, -0.25) is 4.79 Å². The second-order valence-electron chi connectivity index (χ2n) is 6.40. The molecule has 1 saturated heterocycles. The average Bonchev–Trinajstić information content (AvgIpc) is 2.88. The van der Waals surface area contributed by atoms with Gasteiger partial charge in [0.15, 0.2) is 0 Å². The minimum absolute atomic E-state index is 0.162. The van der Waals surface area contributed by atoms with E-state index in [9.17, 15) is 9.90 Å². The molecule has 2 aliphatic carbocycles. The molecule has 0 aromatic carbocycles. The molecule has 2 saturated carbocycles. The largest absolute Gasteiger partial charge is 0.391 e. The van der Waals surface area contributed by atoms with Crippen LogP contribution in [0, 0.1) is 23.7 Å². The maximum absolute atomic E-state index is 12.3. The van der Waals surface area contributed by atoms with E-state index in [-0.39, 0.29) is 18.1 Å². The first-order valence-corrected chi connectivity index (χ1v) is 7.09. The Kier molecular flexibility index (Phi) is 2.69. The minimum atomic E-state index is -0.236. The van der Waals surface area contributed by atoms with Gasteiger partial charge in [-0.2, -0.15) is 0 Å². The number of fused-ring (bicyclic) bond motifs is 1. The molecule has 3 fully saturated rings. The first-order chi connectivity index (χ1) is 8.11. The van der Waals surface area contributed by atoms with Crippen molar-refractivity contribution in [1.29, 1.82) is 0 Å². The van der Waals surface area contributed by atoms with Crippen LogP contribution in [0.5, 0.6) is 0 Å². The molecular weight excluding hydrogens is 214 g/mol. The lowest BCUT2D eigenvalue weighted by atomic mass is 9.88. The molecule has 17 heavy (non-hydrogen) atoms. The fourth-order valence-corrected chi connectivity index (χ4v) is 4.26. The molecule has 6 atom stereocenters. The van der Waals surface area contributed by atoms with Gasteiger partial charge in [-0.25, -0.2) is 0 Å². The fraction of sp³-hybridized carbons (Fsp3) is 0.929. The van der Waals surface area contributed by atoms with Crippen molar-refractivity contribution in [2.45, 2.75) is 51.7 Å². The second-order valence-corrected chi connectivity index (χ2v) is 6.40. The Hall–Kier alpha value is -0.570. The number of carbonyl (C=O) groups excluding carboxylic acids is 1. The van der Waals surface area contributed by atoms with Crippen LogP contribution in [0.4, 0.5) is 0 Å². The summed E-state index contributed by atoms with van der Waals surface area (Å²) in [6.45, 7) is 5.18. The van der Waals surface area contributed by atoms with Crippen LogP contribution in [0.3, 0.4) is 0 Å². The summed E-state index contributed by atoms with van der Waals surface area (Å²) in [5, 5.41) is 10.2. The zero-order chi connectivity index (χ0) is 12.2. The summed E-state index contributed by atoms with van der Waals surface area (Å²) in [4.78, 5) is 14.3. The number of rotatable bonds is 3. The van der Waals surface area contributed by atoms with Gasteiger partial charge in [0.1, 0.15) is 0 Å². The molecule has 0 aromatic heterocycles. The highest BCUT2D eigenvalue weighted by Gasteiger charge is 2.59. The highest BCUT2D eigenvalue weighted by atomic mass is 16.3. The van der Waals surface area contributed by atoms with E-state index < -0.39 is 0 Å². The van der Waals surface area contributed by atoms with E-state index in [0.717, 1.165) is 25.8 Å². The molecule has 3 aliphatic rings. The molecule has 2 bridgehead atoms. The van der Waals surface area contributed by atoms with E-state index in [4.69, 9.17) is 0 Å². The summed E-state index contributed by atoms with van der Waals surface area (Å²) >= 11 is 0.